The summed E-state index contributed by atoms with van der Waals surface area (Å²) in [6, 6.07) is 15.8. The molecule has 0 saturated heterocycles. The lowest BCUT2D eigenvalue weighted by Gasteiger charge is -2.07. The molecule has 0 radical (unpaired) electrons. The third kappa shape index (κ3) is 2.87. The Morgan fingerprint density at radius 2 is 1.96 bits per heavy atom. The van der Waals surface area contributed by atoms with Crippen molar-refractivity contribution in [2.45, 2.75) is 13.8 Å². The number of para-hydroxylation sites is 1. The Bertz CT molecular complexity index is 1100. The van der Waals surface area contributed by atoms with Crippen LogP contribution in [0.25, 0.3) is 32.4 Å². The first kappa shape index (κ1) is 15.7. The molecule has 4 rings (SSSR count). The number of nitrogens with zero attached hydrogens (tertiary/aromatic N) is 2. The number of thiophene rings is 1. The topological polar surface area (TPSA) is 52.1 Å². The maximum Gasteiger partial charge on any atom is 0.356 e. The standard InChI is InChI=1S/C20H16N2O2S/c1-3-24-20(23)17-11-18-14(10-12(2)25-18)19(22-17)16-9-8-13-6-4-5-7-15(13)21-16/h4-11H,3H2,1-2H3. The summed E-state index contributed by atoms with van der Waals surface area (Å²) in [4.78, 5) is 22.7. The number of carbonyl (C=O) groups is 1. The van der Waals surface area contributed by atoms with Crippen LogP contribution in [0.4, 0.5) is 0 Å². The average Bonchev–Trinajstić information content (AvgIpc) is 3.00. The Balaban J connectivity index is 1.95. The van der Waals surface area contributed by atoms with Crippen molar-refractivity contribution in [3.8, 4) is 11.4 Å². The Labute approximate surface area is 149 Å². The summed E-state index contributed by atoms with van der Waals surface area (Å²) in [7, 11) is 0. The number of rotatable bonds is 3. The first-order valence-corrected chi connectivity index (χ1v) is 8.92. The molecule has 0 bridgehead atoms. The SMILES string of the molecule is CCOC(=O)c1cc2sc(C)cc2c(-c2ccc3ccccc3n2)n1. The minimum Gasteiger partial charge on any atom is -0.461 e. The van der Waals surface area contributed by atoms with E-state index in [2.05, 4.69) is 11.1 Å². The number of ether oxygens (including phenoxy) is 1. The van der Waals surface area contributed by atoms with Crippen LogP contribution < -0.4 is 0 Å². The zero-order valence-corrected chi connectivity index (χ0v) is 14.8. The van der Waals surface area contributed by atoms with Crippen LogP contribution in [0.2, 0.25) is 0 Å². The molecular formula is C20H16N2O2S. The molecule has 1 aromatic carbocycles. The van der Waals surface area contributed by atoms with Gasteiger partial charge >= 0.3 is 5.97 Å². The Morgan fingerprint density at radius 1 is 1.12 bits per heavy atom. The molecule has 0 aliphatic rings. The van der Waals surface area contributed by atoms with Crippen LogP contribution in [-0.2, 0) is 4.74 Å². The molecule has 3 aromatic heterocycles. The fourth-order valence-electron chi connectivity index (χ4n) is 2.86. The molecule has 0 spiro atoms. The number of pyridine rings is 2. The van der Waals surface area contributed by atoms with Crippen molar-refractivity contribution < 1.29 is 9.53 Å². The van der Waals surface area contributed by atoms with E-state index in [1.807, 2.05) is 43.3 Å². The van der Waals surface area contributed by atoms with E-state index in [0.29, 0.717) is 12.3 Å². The molecule has 3 heterocycles. The smallest absolute Gasteiger partial charge is 0.356 e. The fraction of sp³-hybridized carbons (Fsp3) is 0.150. The predicted octanol–water partition coefficient (Wildman–Crippen LogP) is 5.00. The van der Waals surface area contributed by atoms with Gasteiger partial charge in [-0.25, -0.2) is 14.8 Å². The largest absolute Gasteiger partial charge is 0.461 e. The molecule has 124 valence electrons. The average molecular weight is 348 g/mol. The van der Waals surface area contributed by atoms with Gasteiger partial charge in [-0.15, -0.1) is 11.3 Å². The van der Waals surface area contributed by atoms with Gasteiger partial charge in [0.15, 0.2) is 5.69 Å². The van der Waals surface area contributed by atoms with Crippen molar-refractivity contribution in [2.75, 3.05) is 6.61 Å². The minimum absolute atomic E-state index is 0.321. The van der Waals surface area contributed by atoms with E-state index >= 15 is 0 Å². The van der Waals surface area contributed by atoms with Gasteiger partial charge in [0.25, 0.3) is 0 Å². The van der Waals surface area contributed by atoms with E-state index in [1.165, 1.54) is 4.88 Å². The molecule has 0 N–H and O–H groups in total. The summed E-state index contributed by atoms with van der Waals surface area (Å²) in [6.07, 6.45) is 0. The lowest BCUT2D eigenvalue weighted by atomic mass is 10.1. The quantitative estimate of drug-likeness (QED) is 0.489. The van der Waals surface area contributed by atoms with Gasteiger partial charge in [0.2, 0.25) is 0 Å². The Hall–Kier alpha value is -2.79. The van der Waals surface area contributed by atoms with Gasteiger partial charge in [-0.3, -0.25) is 0 Å². The number of hydrogen-bond acceptors (Lipinski definition) is 5. The predicted molar refractivity (Wildman–Crippen MR) is 101 cm³/mol. The van der Waals surface area contributed by atoms with Gasteiger partial charge in [-0.2, -0.15) is 0 Å². The molecule has 0 saturated carbocycles. The highest BCUT2D eigenvalue weighted by molar-refractivity contribution is 7.19. The molecule has 0 amide bonds. The van der Waals surface area contributed by atoms with E-state index in [-0.39, 0.29) is 0 Å². The number of aromatic nitrogens is 2. The molecule has 0 fully saturated rings. The molecule has 0 aliphatic carbocycles. The Morgan fingerprint density at radius 3 is 2.80 bits per heavy atom. The zero-order valence-electron chi connectivity index (χ0n) is 13.9. The van der Waals surface area contributed by atoms with Crippen LogP contribution in [0, 0.1) is 6.92 Å². The number of carbonyl (C=O) groups excluding carboxylic acids is 1. The first-order chi connectivity index (χ1) is 12.2. The van der Waals surface area contributed by atoms with Crippen molar-refractivity contribution in [2.24, 2.45) is 0 Å². The second-order valence-corrected chi connectivity index (χ2v) is 7.02. The second-order valence-electron chi connectivity index (χ2n) is 5.73. The Kier molecular flexibility index (Phi) is 3.93. The van der Waals surface area contributed by atoms with Gasteiger partial charge in [0.1, 0.15) is 0 Å². The van der Waals surface area contributed by atoms with Crippen LogP contribution >= 0.6 is 11.3 Å². The van der Waals surface area contributed by atoms with Gasteiger partial charge in [0.05, 0.1) is 23.5 Å². The molecule has 4 nitrogen and oxygen atoms in total. The van der Waals surface area contributed by atoms with Crippen molar-refractivity contribution in [1.82, 2.24) is 9.97 Å². The van der Waals surface area contributed by atoms with Crippen molar-refractivity contribution in [1.29, 1.82) is 0 Å². The molecule has 0 atom stereocenters. The highest BCUT2D eigenvalue weighted by Crippen LogP contribution is 2.33. The summed E-state index contributed by atoms with van der Waals surface area (Å²) < 4.78 is 6.14. The van der Waals surface area contributed by atoms with Crippen LogP contribution in [-0.4, -0.2) is 22.5 Å². The van der Waals surface area contributed by atoms with Crippen molar-refractivity contribution in [3.63, 3.8) is 0 Å². The maximum absolute atomic E-state index is 12.2. The minimum atomic E-state index is -0.405. The first-order valence-electron chi connectivity index (χ1n) is 8.10. The summed E-state index contributed by atoms with van der Waals surface area (Å²) >= 11 is 1.64. The van der Waals surface area contributed by atoms with E-state index in [0.717, 1.165) is 32.4 Å². The van der Waals surface area contributed by atoms with Crippen LogP contribution in [0.5, 0.6) is 0 Å². The zero-order chi connectivity index (χ0) is 17.4. The third-order valence-corrected chi connectivity index (χ3v) is 4.96. The van der Waals surface area contributed by atoms with Crippen molar-refractivity contribution >= 4 is 38.3 Å². The van der Waals surface area contributed by atoms with Gasteiger partial charge in [-0.1, -0.05) is 24.3 Å². The van der Waals surface area contributed by atoms with Crippen LogP contribution in [0.1, 0.15) is 22.3 Å². The lowest BCUT2D eigenvalue weighted by molar-refractivity contribution is 0.0520. The molecule has 25 heavy (non-hydrogen) atoms. The summed E-state index contributed by atoms with van der Waals surface area (Å²) in [5.41, 5.74) is 2.70. The number of benzene rings is 1. The summed E-state index contributed by atoms with van der Waals surface area (Å²) in [6.45, 7) is 4.16. The molecule has 5 heteroatoms. The maximum atomic E-state index is 12.2. The van der Waals surface area contributed by atoms with Crippen molar-refractivity contribution in [3.05, 3.63) is 59.1 Å². The summed E-state index contributed by atoms with van der Waals surface area (Å²) in [5.74, 6) is -0.405. The normalized spacial score (nSPS) is 11.1. The monoisotopic (exact) mass is 348 g/mol. The molecule has 4 aromatic rings. The lowest BCUT2D eigenvalue weighted by Crippen LogP contribution is -2.07. The van der Waals surface area contributed by atoms with E-state index in [9.17, 15) is 4.79 Å². The van der Waals surface area contributed by atoms with Gasteiger partial charge in [0, 0.05) is 20.3 Å². The third-order valence-electron chi connectivity index (χ3n) is 3.96. The molecular weight excluding hydrogens is 332 g/mol. The number of hydrogen-bond donors (Lipinski definition) is 0. The summed E-state index contributed by atoms with van der Waals surface area (Å²) in [5, 5.41) is 2.09. The van der Waals surface area contributed by atoms with E-state index in [4.69, 9.17) is 9.72 Å². The highest BCUT2D eigenvalue weighted by atomic mass is 32.1. The molecule has 0 unspecified atom stereocenters. The number of fused-ring (bicyclic) bond motifs is 2. The second kappa shape index (κ2) is 6.26. The van der Waals surface area contributed by atoms with Gasteiger partial charge < -0.3 is 4.74 Å². The number of esters is 1. The number of aryl methyl sites for hydroxylation is 1. The fourth-order valence-corrected chi connectivity index (χ4v) is 3.82. The van der Waals surface area contributed by atoms with Crippen LogP contribution in [0.3, 0.4) is 0 Å². The van der Waals surface area contributed by atoms with Gasteiger partial charge in [-0.05, 0) is 38.1 Å². The van der Waals surface area contributed by atoms with E-state index in [1.54, 1.807) is 24.3 Å². The van der Waals surface area contributed by atoms with E-state index < -0.39 is 5.97 Å². The molecule has 0 aliphatic heterocycles. The highest BCUT2D eigenvalue weighted by Gasteiger charge is 2.17. The van der Waals surface area contributed by atoms with Crippen LogP contribution in [0.15, 0.2) is 48.5 Å².